The summed E-state index contributed by atoms with van der Waals surface area (Å²) in [6.07, 6.45) is 58.1. The third-order valence-electron chi connectivity index (χ3n) is 14.0. The van der Waals surface area contributed by atoms with E-state index < -0.39 is 6.10 Å². The Morgan fingerprint density at radius 1 is 0.284 bits per heavy atom. The Balaban J connectivity index is 4.28. The van der Waals surface area contributed by atoms with Crippen LogP contribution in [0.2, 0.25) is 0 Å². The standard InChI is InChI=1S/C61H118O6/c1-6-7-8-9-10-11-12-13-14-15-16-17-21-26-31-36-41-46-51-59(62)65-54-58(67-61(64)53-48-43-38-33-28-23-25-30-35-40-45-50-57(4)5)55-66-60(63)52-47-42-37-32-27-22-19-18-20-24-29-34-39-44-49-56(2)3/h56-58H,6-55H2,1-5H3/t58-/m1/s1. The van der Waals surface area contributed by atoms with Gasteiger partial charge < -0.3 is 14.2 Å². The van der Waals surface area contributed by atoms with Gasteiger partial charge in [0.1, 0.15) is 13.2 Å². The fraction of sp³-hybridized carbons (Fsp3) is 0.951. The fourth-order valence-electron chi connectivity index (χ4n) is 9.40. The molecule has 1 atom stereocenters. The maximum absolute atomic E-state index is 12.9. The van der Waals surface area contributed by atoms with Crippen molar-refractivity contribution in [2.24, 2.45) is 11.8 Å². The third kappa shape index (κ3) is 55.2. The van der Waals surface area contributed by atoms with Crippen LogP contribution in [0.4, 0.5) is 0 Å². The Kier molecular flexibility index (Phi) is 52.5. The first-order chi connectivity index (χ1) is 32.7. The lowest BCUT2D eigenvalue weighted by molar-refractivity contribution is -0.167. The van der Waals surface area contributed by atoms with Crippen LogP contribution in [0, 0.1) is 11.8 Å². The Morgan fingerprint density at radius 2 is 0.493 bits per heavy atom. The van der Waals surface area contributed by atoms with Crippen molar-refractivity contribution in [2.75, 3.05) is 13.2 Å². The average Bonchev–Trinajstić information content (AvgIpc) is 3.30. The van der Waals surface area contributed by atoms with Gasteiger partial charge in [0.25, 0.3) is 0 Å². The first-order valence-corrected chi connectivity index (χ1v) is 30.2. The van der Waals surface area contributed by atoms with E-state index in [4.69, 9.17) is 14.2 Å². The van der Waals surface area contributed by atoms with E-state index in [0.29, 0.717) is 19.3 Å². The molecule has 0 amide bonds. The molecule has 0 N–H and O–H groups in total. The highest BCUT2D eigenvalue weighted by Gasteiger charge is 2.19. The van der Waals surface area contributed by atoms with Gasteiger partial charge in [-0.15, -0.1) is 0 Å². The zero-order chi connectivity index (χ0) is 48.9. The summed E-state index contributed by atoms with van der Waals surface area (Å²) in [7, 11) is 0. The summed E-state index contributed by atoms with van der Waals surface area (Å²) in [6, 6.07) is 0. The van der Waals surface area contributed by atoms with Crippen LogP contribution in [-0.4, -0.2) is 37.2 Å². The van der Waals surface area contributed by atoms with E-state index in [0.717, 1.165) is 69.6 Å². The molecule has 398 valence electrons. The van der Waals surface area contributed by atoms with Gasteiger partial charge in [-0.1, -0.05) is 304 Å². The van der Waals surface area contributed by atoms with E-state index in [-0.39, 0.29) is 31.1 Å². The molecule has 6 heteroatoms. The van der Waals surface area contributed by atoms with Crippen molar-refractivity contribution in [3.8, 4) is 0 Å². The highest BCUT2D eigenvalue weighted by Crippen LogP contribution is 2.18. The van der Waals surface area contributed by atoms with Crippen LogP contribution in [-0.2, 0) is 28.6 Å². The number of ether oxygens (including phenoxy) is 3. The van der Waals surface area contributed by atoms with Crippen LogP contribution >= 0.6 is 0 Å². The summed E-state index contributed by atoms with van der Waals surface area (Å²) in [5, 5.41) is 0. The summed E-state index contributed by atoms with van der Waals surface area (Å²) in [5.41, 5.74) is 0. The molecule has 0 bridgehead atoms. The number of unbranched alkanes of at least 4 members (excludes halogenated alkanes) is 40. The molecule has 0 aliphatic rings. The highest BCUT2D eigenvalue weighted by atomic mass is 16.6. The minimum absolute atomic E-state index is 0.0624. The molecule has 0 radical (unpaired) electrons. The molecule has 0 aliphatic heterocycles. The van der Waals surface area contributed by atoms with Gasteiger partial charge >= 0.3 is 17.9 Å². The van der Waals surface area contributed by atoms with Gasteiger partial charge in [0.05, 0.1) is 0 Å². The summed E-state index contributed by atoms with van der Waals surface area (Å²) >= 11 is 0. The molecule has 0 aromatic rings. The third-order valence-corrected chi connectivity index (χ3v) is 14.0. The van der Waals surface area contributed by atoms with Gasteiger partial charge in [-0.3, -0.25) is 14.4 Å². The normalized spacial score (nSPS) is 12.0. The van der Waals surface area contributed by atoms with Crippen LogP contribution in [0.5, 0.6) is 0 Å². The zero-order valence-electron chi connectivity index (χ0n) is 46.0. The smallest absolute Gasteiger partial charge is 0.306 e. The monoisotopic (exact) mass is 947 g/mol. The van der Waals surface area contributed by atoms with Crippen molar-refractivity contribution in [1.82, 2.24) is 0 Å². The minimum atomic E-state index is -0.763. The molecule has 0 aliphatic carbocycles. The van der Waals surface area contributed by atoms with Crippen LogP contribution in [0.1, 0.15) is 343 Å². The molecule has 0 rings (SSSR count). The van der Waals surface area contributed by atoms with Gasteiger partial charge in [0, 0.05) is 19.3 Å². The number of esters is 3. The maximum atomic E-state index is 12.9. The molecular formula is C61H118O6. The van der Waals surface area contributed by atoms with Gasteiger partial charge in [-0.2, -0.15) is 0 Å². The lowest BCUT2D eigenvalue weighted by atomic mass is 10.0. The number of hydrogen-bond donors (Lipinski definition) is 0. The lowest BCUT2D eigenvalue weighted by Gasteiger charge is -2.18. The quantitative estimate of drug-likeness (QED) is 0.0343. The number of carbonyl (C=O) groups is 3. The average molecular weight is 948 g/mol. The van der Waals surface area contributed by atoms with Crippen molar-refractivity contribution in [2.45, 2.75) is 349 Å². The molecule has 0 spiro atoms. The second kappa shape index (κ2) is 53.8. The van der Waals surface area contributed by atoms with E-state index in [1.54, 1.807) is 0 Å². The molecule has 0 aromatic heterocycles. The Hall–Kier alpha value is -1.59. The lowest BCUT2D eigenvalue weighted by Crippen LogP contribution is -2.30. The maximum Gasteiger partial charge on any atom is 0.306 e. The second-order valence-corrected chi connectivity index (χ2v) is 21.9. The Morgan fingerprint density at radius 3 is 0.731 bits per heavy atom. The highest BCUT2D eigenvalue weighted by molar-refractivity contribution is 5.71. The SMILES string of the molecule is CCCCCCCCCCCCCCCCCCCCC(=O)OC[C@H](COC(=O)CCCCCCCCCCCCCCCCC(C)C)OC(=O)CCCCCCCCCCCCCC(C)C. The predicted octanol–water partition coefficient (Wildman–Crippen LogP) is 20.0. The number of hydrogen-bond acceptors (Lipinski definition) is 6. The molecule has 6 nitrogen and oxygen atoms in total. The predicted molar refractivity (Wildman–Crippen MR) is 289 cm³/mol. The van der Waals surface area contributed by atoms with Crippen molar-refractivity contribution in [3.63, 3.8) is 0 Å². The molecule has 0 fully saturated rings. The van der Waals surface area contributed by atoms with E-state index in [9.17, 15) is 14.4 Å². The van der Waals surface area contributed by atoms with Crippen molar-refractivity contribution in [3.05, 3.63) is 0 Å². The zero-order valence-corrected chi connectivity index (χ0v) is 46.0. The largest absolute Gasteiger partial charge is 0.462 e. The van der Waals surface area contributed by atoms with Crippen molar-refractivity contribution >= 4 is 17.9 Å². The first-order valence-electron chi connectivity index (χ1n) is 30.2. The minimum Gasteiger partial charge on any atom is -0.462 e. The fourth-order valence-corrected chi connectivity index (χ4v) is 9.40. The van der Waals surface area contributed by atoms with E-state index >= 15 is 0 Å². The molecule has 0 unspecified atom stereocenters. The van der Waals surface area contributed by atoms with Crippen LogP contribution < -0.4 is 0 Å². The van der Waals surface area contributed by atoms with Crippen molar-refractivity contribution < 1.29 is 28.6 Å². The molecule has 0 saturated heterocycles. The van der Waals surface area contributed by atoms with Crippen molar-refractivity contribution in [1.29, 1.82) is 0 Å². The molecule has 0 aromatic carbocycles. The topological polar surface area (TPSA) is 78.9 Å². The van der Waals surface area contributed by atoms with Crippen LogP contribution in [0.15, 0.2) is 0 Å². The first kappa shape index (κ1) is 65.4. The summed E-state index contributed by atoms with van der Waals surface area (Å²) in [6.45, 7) is 11.4. The molecule has 0 heterocycles. The van der Waals surface area contributed by atoms with Gasteiger partial charge in [0.15, 0.2) is 6.10 Å². The van der Waals surface area contributed by atoms with Crippen LogP contribution in [0.3, 0.4) is 0 Å². The number of carbonyl (C=O) groups excluding carboxylic acids is 3. The van der Waals surface area contributed by atoms with Crippen LogP contribution in [0.25, 0.3) is 0 Å². The number of rotatable bonds is 55. The van der Waals surface area contributed by atoms with E-state index in [2.05, 4.69) is 34.6 Å². The summed E-state index contributed by atoms with van der Waals surface area (Å²) in [4.78, 5) is 38.2. The van der Waals surface area contributed by atoms with Gasteiger partial charge in [-0.25, -0.2) is 0 Å². The molecule has 0 saturated carbocycles. The van der Waals surface area contributed by atoms with E-state index in [1.807, 2.05) is 0 Å². The molecule has 67 heavy (non-hydrogen) atoms. The summed E-state index contributed by atoms with van der Waals surface area (Å²) < 4.78 is 16.9. The van der Waals surface area contributed by atoms with Gasteiger partial charge in [-0.05, 0) is 31.1 Å². The van der Waals surface area contributed by atoms with E-state index in [1.165, 1.54) is 231 Å². The Bertz CT molecular complexity index is 1020. The molecular weight excluding hydrogens is 829 g/mol. The second-order valence-electron chi connectivity index (χ2n) is 21.9. The summed E-state index contributed by atoms with van der Waals surface area (Å²) in [5.74, 6) is 0.833. The Labute approximate surface area is 418 Å². The van der Waals surface area contributed by atoms with Gasteiger partial charge in [0.2, 0.25) is 0 Å².